The topological polar surface area (TPSA) is 73.7 Å². The van der Waals surface area contributed by atoms with Crippen molar-refractivity contribution in [3.05, 3.63) is 298 Å². The molecule has 8 heteroatoms. The minimum Gasteiger partial charge on any atom is -0.515 e. The summed E-state index contributed by atoms with van der Waals surface area (Å²) in [5, 5.41) is 7.57. The third-order valence-electron chi connectivity index (χ3n) is 15.3. The van der Waals surface area contributed by atoms with Gasteiger partial charge in [0.15, 0.2) is 0 Å². The second kappa shape index (κ2) is 23.8. The Hall–Kier alpha value is -9.87. The Morgan fingerprint density at radius 2 is 0.824 bits per heavy atom. The number of rotatable bonds is 11. The molecular formula is C77H44IrN5OPt. The molecular weight excluding hydrogens is 1400 g/mol. The fraction of sp³-hybridized carbons (Fsp3) is 0. The van der Waals surface area contributed by atoms with Crippen LogP contribution in [-0.4, -0.2) is 24.9 Å². The number of pyridine rings is 3. The summed E-state index contributed by atoms with van der Waals surface area (Å²) in [6.07, 6.45) is 8.92. The van der Waals surface area contributed by atoms with Gasteiger partial charge in [-0.15, -0.1) is 82.7 Å². The van der Waals surface area contributed by atoms with Crippen molar-refractivity contribution in [2.75, 3.05) is 0 Å². The molecule has 0 spiro atoms. The summed E-state index contributed by atoms with van der Waals surface area (Å²) >= 11 is 0. The smallest absolute Gasteiger partial charge is 0.515 e. The molecule has 402 valence electrons. The van der Waals surface area contributed by atoms with Gasteiger partial charge in [-0.25, -0.2) is 17.7 Å². The monoisotopic (exact) mass is 1440 g/mol. The molecule has 85 heavy (non-hydrogen) atoms. The van der Waals surface area contributed by atoms with Crippen LogP contribution < -0.4 is 4.74 Å². The maximum absolute atomic E-state index is 7.12. The summed E-state index contributed by atoms with van der Waals surface area (Å²) in [6.45, 7) is 0. The molecule has 6 nitrogen and oxygen atoms in total. The van der Waals surface area contributed by atoms with Crippen molar-refractivity contribution in [1.29, 1.82) is 0 Å². The van der Waals surface area contributed by atoms with Crippen LogP contribution in [0.3, 0.4) is 0 Å². The molecule has 0 aliphatic heterocycles. The summed E-state index contributed by atoms with van der Waals surface area (Å²) in [7, 11) is 0. The first-order chi connectivity index (χ1) is 41.1. The summed E-state index contributed by atoms with van der Waals surface area (Å²) < 4.78 is 7.12. The van der Waals surface area contributed by atoms with Gasteiger partial charge in [0.05, 0.1) is 0 Å². The molecule has 0 radical (unpaired) electrons. The van der Waals surface area contributed by atoms with Gasteiger partial charge in [0.2, 0.25) is 0 Å². The second-order valence-electron chi connectivity index (χ2n) is 20.3. The van der Waals surface area contributed by atoms with Crippen LogP contribution in [0.15, 0.2) is 268 Å². The van der Waals surface area contributed by atoms with E-state index in [1.54, 1.807) is 18.5 Å². The first kappa shape index (κ1) is 54.4. The van der Waals surface area contributed by atoms with Crippen molar-refractivity contribution in [1.82, 2.24) is 24.9 Å². The minimum atomic E-state index is 0. The molecule has 0 aliphatic carbocycles. The molecule has 0 aliphatic rings. The van der Waals surface area contributed by atoms with Crippen LogP contribution >= 0.6 is 0 Å². The fourth-order valence-electron chi connectivity index (χ4n) is 11.4. The second-order valence-corrected chi connectivity index (χ2v) is 20.3. The number of ether oxygens (including phenoxy) is 1. The van der Waals surface area contributed by atoms with Crippen molar-refractivity contribution in [3.63, 3.8) is 0 Å². The van der Waals surface area contributed by atoms with E-state index in [2.05, 4.69) is 226 Å². The Morgan fingerprint density at radius 3 is 1.36 bits per heavy atom. The zero-order valence-electron chi connectivity index (χ0n) is 45.2. The number of hydrogen-bond acceptors (Lipinski definition) is 6. The Bertz CT molecular complexity index is 4790. The standard InChI is InChI=1S/C77H44N5O.Ir.Pt/c1-2-16-55-47-71-69-23-13-40-80-76(69)72-49-60(35-37-67(72)70(71)46-54(55)15-1)83-75-48-56(77-81-41-14-42-82-77)34-36-68(75)66-22-8-7-21-65(66)59-44-57(63-19-5-3-17-61(63)50-26-30-52(31-27-50)73-24-9-11-38-78-73)43-58(45-59)64-20-6-4-18-62(64)51-28-32-53(33-29-51)74-25-10-12-39-79-74;;/h1-30,32,35-47H;;/q-5;+3;+2. The molecule has 0 atom stereocenters. The van der Waals surface area contributed by atoms with Gasteiger partial charge >= 0.3 is 41.2 Å². The third kappa shape index (κ3) is 10.6. The quantitative estimate of drug-likeness (QED) is 0.0730. The van der Waals surface area contributed by atoms with Gasteiger partial charge in [-0.05, 0) is 132 Å². The van der Waals surface area contributed by atoms with Gasteiger partial charge < -0.3 is 29.7 Å². The maximum atomic E-state index is 7.12. The number of hydrogen-bond donors (Lipinski definition) is 0. The van der Waals surface area contributed by atoms with E-state index < -0.39 is 0 Å². The van der Waals surface area contributed by atoms with Crippen LogP contribution in [-0.2, 0) is 41.2 Å². The van der Waals surface area contributed by atoms with E-state index in [4.69, 9.17) is 9.72 Å². The fourth-order valence-corrected chi connectivity index (χ4v) is 11.4. The summed E-state index contributed by atoms with van der Waals surface area (Å²) in [4.78, 5) is 23.4. The number of benzene rings is 11. The molecule has 11 aromatic carbocycles. The van der Waals surface area contributed by atoms with E-state index in [0.717, 1.165) is 122 Å². The number of nitrogens with zero attached hydrogens (tertiary/aromatic N) is 5. The third-order valence-corrected chi connectivity index (χ3v) is 15.3. The van der Waals surface area contributed by atoms with Gasteiger partial charge in [-0.3, -0.25) is 6.07 Å². The van der Waals surface area contributed by atoms with Gasteiger partial charge in [0, 0.05) is 36.7 Å². The van der Waals surface area contributed by atoms with E-state index in [0.29, 0.717) is 22.9 Å². The first-order valence-electron chi connectivity index (χ1n) is 27.4. The van der Waals surface area contributed by atoms with Crippen molar-refractivity contribution < 1.29 is 45.9 Å². The van der Waals surface area contributed by atoms with Crippen LogP contribution in [0.4, 0.5) is 0 Å². The van der Waals surface area contributed by atoms with E-state index >= 15 is 0 Å². The van der Waals surface area contributed by atoms with Gasteiger partial charge in [0.25, 0.3) is 0 Å². The van der Waals surface area contributed by atoms with Gasteiger partial charge in [-0.1, -0.05) is 178 Å². The predicted octanol–water partition coefficient (Wildman–Crippen LogP) is 19.1. The molecule has 0 amide bonds. The van der Waals surface area contributed by atoms with Crippen molar-refractivity contribution >= 4 is 43.2 Å². The van der Waals surface area contributed by atoms with Crippen LogP contribution in [0.5, 0.6) is 11.5 Å². The maximum Gasteiger partial charge on any atom is 3.00 e. The van der Waals surface area contributed by atoms with E-state index in [1.165, 1.54) is 10.8 Å². The predicted molar refractivity (Wildman–Crippen MR) is 335 cm³/mol. The van der Waals surface area contributed by atoms with Gasteiger partial charge in [-0.2, -0.15) is 0 Å². The zero-order valence-corrected chi connectivity index (χ0v) is 49.9. The molecule has 0 saturated carbocycles. The van der Waals surface area contributed by atoms with Gasteiger partial charge in [0.1, 0.15) is 0 Å². The Balaban J connectivity index is 0.00000336. The van der Waals surface area contributed by atoms with Crippen molar-refractivity contribution in [3.8, 4) is 112 Å². The Kier molecular flexibility index (Phi) is 15.2. The first-order valence-corrected chi connectivity index (χ1v) is 27.4. The summed E-state index contributed by atoms with van der Waals surface area (Å²) in [6, 6.07) is 100. The van der Waals surface area contributed by atoms with E-state index in [9.17, 15) is 0 Å². The average Bonchev–Trinajstić information content (AvgIpc) is 1.98. The molecule has 0 bridgehead atoms. The SMILES string of the molecule is [Ir+3].[Pt+2].[c-]1cc(-c2ccccc2-c2cc(-c3ccccc3-c3c[c-]c(-c4ccccn4)cc3)cc(-c3ccccc3-c3c[c-]c(-c4ccccn4)cc3)c2)c(Oc2[c-]c3c(cc2)c2cc4ccccc4cc2c2cccnc32)[c-]c1-c1ncccn1. The molecule has 0 fully saturated rings. The molecule has 0 N–H and O–H groups in total. The average molecular weight is 1440 g/mol. The molecule has 0 unspecified atom stereocenters. The van der Waals surface area contributed by atoms with Crippen LogP contribution in [0.1, 0.15) is 0 Å². The zero-order chi connectivity index (χ0) is 55.1. The van der Waals surface area contributed by atoms with Crippen LogP contribution in [0.2, 0.25) is 0 Å². The van der Waals surface area contributed by atoms with Crippen molar-refractivity contribution in [2.45, 2.75) is 0 Å². The summed E-state index contributed by atoms with van der Waals surface area (Å²) in [5.74, 6) is 1.47. The Labute approximate surface area is 520 Å². The number of aromatic nitrogens is 5. The molecule has 4 heterocycles. The van der Waals surface area contributed by atoms with Crippen LogP contribution in [0.25, 0.3) is 144 Å². The number of fused-ring (bicyclic) bond motifs is 7. The summed E-state index contributed by atoms with van der Waals surface area (Å²) in [5.41, 5.74) is 17.2. The van der Waals surface area contributed by atoms with E-state index in [-0.39, 0.29) is 41.2 Å². The molecule has 15 rings (SSSR count). The normalized spacial score (nSPS) is 11.1. The molecule has 0 saturated heterocycles. The van der Waals surface area contributed by atoms with Crippen molar-refractivity contribution in [2.24, 2.45) is 0 Å². The minimum absolute atomic E-state index is 0. The largest absolute Gasteiger partial charge is 3.00 e. The molecule has 4 aromatic heterocycles. The van der Waals surface area contributed by atoms with Crippen LogP contribution in [0, 0.1) is 30.3 Å². The molecule has 15 aromatic rings. The van der Waals surface area contributed by atoms with E-state index in [1.807, 2.05) is 73.2 Å². The Morgan fingerprint density at radius 1 is 0.329 bits per heavy atom.